The highest BCUT2D eigenvalue weighted by atomic mass is 79.9. The predicted molar refractivity (Wildman–Crippen MR) is 88.9 cm³/mol. The van der Waals surface area contributed by atoms with Gasteiger partial charge in [-0.05, 0) is 51.9 Å². The van der Waals surface area contributed by atoms with E-state index in [-0.39, 0.29) is 0 Å². The van der Waals surface area contributed by atoms with Gasteiger partial charge in [0, 0.05) is 20.1 Å². The highest BCUT2D eigenvalue weighted by Crippen LogP contribution is 2.61. The number of fused-ring (bicyclic) bond motifs is 8. The molecule has 21 heavy (non-hydrogen) atoms. The third kappa shape index (κ3) is 1.45. The van der Waals surface area contributed by atoms with Crippen LogP contribution in [0.3, 0.4) is 0 Å². The van der Waals surface area contributed by atoms with Crippen LogP contribution in [0.2, 0.25) is 0 Å². The molecule has 0 radical (unpaired) electrons. The predicted octanol–water partition coefficient (Wildman–Crippen LogP) is 5.55. The summed E-state index contributed by atoms with van der Waals surface area (Å²) in [6, 6.07) is 12.8. The Morgan fingerprint density at radius 3 is 1.81 bits per heavy atom. The van der Waals surface area contributed by atoms with Crippen LogP contribution in [0, 0.1) is 0 Å². The summed E-state index contributed by atoms with van der Waals surface area (Å²) in [5, 5.41) is 4.90. The minimum Gasteiger partial charge on any atom is -0.344 e. The van der Waals surface area contributed by atoms with Gasteiger partial charge in [-0.15, -0.1) is 0 Å². The molecule has 0 fully saturated rings. The van der Waals surface area contributed by atoms with Gasteiger partial charge in [0.1, 0.15) is 6.26 Å². The van der Waals surface area contributed by atoms with E-state index in [0.29, 0.717) is 0 Å². The molecule has 102 valence electrons. The summed E-state index contributed by atoms with van der Waals surface area (Å²) < 4.78 is 2.14. The summed E-state index contributed by atoms with van der Waals surface area (Å²) >= 11 is 7.13. The summed E-state index contributed by atoms with van der Waals surface area (Å²) in [4.78, 5) is 10.6. The summed E-state index contributed by atoms with van der Waals surface area (Å²) in [6.07, 6.45) is 3.60. The van der Waals surface area contributed by atoms with E-state index in [2.05, 4.69) is 68.3 Å². The lowest BCUT2D eigenvalue weighted by atomic mass is 10.0. The fourth-order valence-corrected chi connectivity index (χ4v) is 4.09. The molecule has 1 spiro atoms. The van der Waals surface area contributed by atoms with Gasteiger partial charge >= 0.3 is 0 Å². The van der Waals surface area contributed by atoms with Gasteiger partial charge in [0.25, 0.3) is 0 Å². The third-order valence-corrected chi connectivity index (χ3v) is 5.25. The number of benzene rings is 3. The normalized spacial score (nSPS) is 17.4. The van der Waals surface area contributed by atoms with Crippen molar-refractivity contribution >= 4 is 53.4 Å². The summed E-state index contributed by atoms with van der Waals surface area (Å²) in [6.45, 7) is 0. The minimum atomic E-state index is -0.498. The van der Waals surface area contributed by atoms with Gasteiger partial charge in [-0.2, -0.15) is 4.89 Å². The Balaban J connectivity index is 2.02. The second-order valence-electron chi connectivity index (χ2n) is 5.35. The number of hydrogen-bond donors (Lipinski definition) is 0. The molecule has 5 rings (SSSR count). The van der Waals surface area contributed by atoms with Crippen LogP contribution in [0.4, 0.5) is 0 Å². The van der Waals surface area contributed by atoms with Gasteiger partial charge in [0.2, 0.25) is 0 Å². The van der Waals surface area contributed by atoms with Gasteiger partial charge in [0.15, 0.2) is 5.60 Å². The lowest BCUT2D eigenvalue weighted by molar-refractivity contribution is -0.269. The van der Waals surface area contributed by atoms with Crippen molar-refractivity contribution in [3.8, 4) is 0 Å². The Kier molecular flexibility index (Phi) is 2.26. The third-order valence-electron chi connectivity index (χ3n) is 4.26. The molecule has 4 heteroatoms. The quantitative estimate of drug-likeness (QED) is 0.362. The van der Waals surface area contributed by atoms with E-state index in [4.69, 9.17) is 9.78 Å². The molecule has 0 saturated heterocycles. The zero-order valence-electron chi connectivity index (χ0n) is 10.7. The monoisotopic (exact) mass is 402 g/mol. The second-order valence-corrected chi connectivity index (χ2v) is 7.18. The van der Waals surface area contributed by atoms with Crippen molar-refractivity contribution < 1.29 is 9.78 Å². The van der Waals surface area contributed by atoms with Crippen molar-refractivity contribution in [2.45, 2.75) is 5.60 Å². The van der Waals surface area contributed by atoms with E-state index in [0.717, 1.165) is 8.95 Å². The number of halogens is 2. The van der Waals surface area contributed by atoms with Crippen LogP contribution in [-0.2, 0) is 15.4 Å². The van der Waals surface area contributed by atoms with Crippen molar-refractivity contribution in [3.63, 3.8) is 0 Å². The number of hydrogen-bond acceptors (Lipinski definition) is 2. The maximum Gasteiger partial charge on any atom is 0.189 e. The fraction of sp³-hybridized carbons (Fsp3) is 0.0588. The first-order chi connectivity index (χ1) is 10.2. The molecule has 0 N–H and O–H groups in total. The smallest absolute Gasteiger partial charge is 0.189 e. The molecule has 2 nitrogen and oxygen atoms in total. The Labute approximate surface area is 137 Å². The van der Waals surface area contributed by atoms with Crippen LogP contribution in [-0.4, -0.2) is 0 Å². The van der Waals surface area contributed by atoms with Crippen molar-refractivity contribution in [2.24, 2.45) is 0 Å². The van der Waals surface area contributed by atoms with Crippen LogP contribution < -0.4 is 0 Å². The van der Waals surface area contributed by atoms with Gasteiger partial charge in [-0.1, -0.05) is 44.0 Å². The van der Waals surface area contributed by atoms with Crippen molar-refractivity contribution in [3.05, 3.63) is 68.8 Å². The molecule has 1 aliphatic carbocycles. The van der Waals surface area contributed by atoms with Crippen LogP contribution in [0.1, 0.15) is 11.1 Å². The molecule has 0 aromatic heterocycles. The van der Waals surface area contributed by atoms with E-state index in [9.17, 15) is 0 Å². The largest absolute Gasteiger partial charge is 0.344 e. The highest BCUT2D eigenvalue weighted by Gasteiger charge is 2.57. The van der Waals surface area contributed by atoms with E-state index in [1.54, 1.807) is 6.26 Å². The highest BCUT2D eigenvalue weighted by molar-refractivity contribution is 9.10. The first-order valence-electron chi connectivity index (χ1n) is 6.58. The molecule has 3 aromatic rings. The summed E-state index contributed by atoms with van der Waals surface area (Å²) in [5.41, 5.74) is 1.91. The molecule has 0 unspecified atom stereocenters. The van der Waals surface area contributed by atoms with Gasteiger partial charge in [-0.25, -0.2) is 0 Å². The summed E-state index contributed by atoms with van der Waals surface area (Å²) in [7, 11) is 0. The zero-order chi connectivity index (χ0) is 14.2. The second kappa shape index (κ2) is 3.88. The molecular formula is C17H8Br2O2. The Morgan fingerprint density at radius 1 is 0.762 bits per heavy atom. The molecule has 2 aliphatic rings. The maximum atomic E-state index is 5.58. The maximum absolute atomic E-state index is 5.58. The Bertz CT molecular complexity index is 907. The molecular weight excluding hydrogens is 396 g/mol. The van der Waals surface area contributed by atoms with Crippen molar-refractivity contribution in [1.29, 1.82) is 0 Å². The molecule has 0 amide bonds. The standard InChI is InChI=1S/C17H8Br2O2/c18-9-1-3-11-12-4-2-10(19)8-14(12)16-15(13(11)7-9)17(16)5-6-20-21-17/h1-8H. The van der Waals surface area contributed by atoms with Gasteiger partial charge < -0.3 is 4.89 Å². The average molecular weight is 404 g/mol. The average Bonchev–Trinajstić information content (AvgIpc) is 2.85. The van der Waals surface area contributed by atoms with E-state index in [1.165, 1.54) is 32.7 Å². The molecule has 0 saturated carbocycles. The van der Waals surface area contributed by atoms with Crippen molar-refractivity contribution in [2.75, 3.05) is 0 Å². The SMILES string of the molecule is Brc1ccc2c(c1)c1c(c3cc(Br)ccc32)C12C=COO2. The molecule has 0 atom stereocenters. The lowest BCUT2D eigenvalue weighted by Gasteiger charge is -2.03. The topological polar surface area (TPSA) is 18.5 Å². The molecule has 1 aliphatic heterocycles. The summed E-state index contributed by atoms with van der Waals surface area (Å²) in [5.74, 6) is 0. The number of rotatable bonds is 0. The van der Waals surface area contributed by atoms with Gasteiger partial charge in [0.05, 0.1) is 0 Å². The van der Waals surface area contributed by atoms with Crippen LogP contribution in [0.25, 0.3) is 21.5 Å². The zero-order valence-corrected chi connectivity index (χ0v) is 13.9. The molecule has 3 aromatic carbocycles. The first-order valence-corrected chi connectivity index (χ1v) is 8.17. The molecule has 0 bridgehead atoms. The van der Waals surface area contributed by atoms with Crippen LogP contribution in [0.5, 0.6) is 0 Å². The first kappa shape index (κ1) is 12.2. The molecule has 1 heterocycles. The lowest BCUT2D eigenvalue weighted by Crippen LogP contribution is -2.02. The Hall–Kier alpha value is -1.36. The van der Waals surface area contributed by atoms with E-state index in [1.807, 2.05) is 6.08 Å². The van der Waals surface area contributed by atoms with E-state index >= 15 is 0 Å². The van der Waals surface area contributed by atoms with E-state index < -0.39 is 5.60 Å². The Morgan fingerprint density at radius 2 is 1.33 bits per heavy atom. The van der Waals surface area contributed by atoms with Crippen LogP contribution >= 0.6 is 31.9 Å². The van der Waals surface area contributed by atoms with Crippen LogP contribution in [0.15, 0.2) is 57.7 Å². The van der Waals surface area contributed by atoms with Gasteiger partial charge in [-0.3, -0.25) is 0 Å². The van der Waals surface area contributed by atoms with Crippen molar-refractivity contribution in [1.82, 2.24) is 0 Å². The fourth-order valence-electron chi connectivity index (χ4n) is 3.37. The minimum absolute atomic E-state index is 0.498.